The van der Waals surface area contributed by atoms with E-state index in [0.717, 1.165) is 23.1 Å². The van der Waals surface area contributed by atoms with Gasteiger partial charge in [-0.1, -0.05) is 22.4 Å². The minimum Gasteiger partial charge on any atom is -0.306 e. The second-order valence-corrected chi connectivity index (χ2v) is 6.03. The molecule has 0 amide bonds. The fourth-order valence-electron chi connectivity index (χ4n) is 3.42. The number of fused-ring (bicyclic) bond motifs is 2. The smallest absolute Gasteiger partial charge is 0.00434 e. The maximum Gasteiger partial charge on any atom is 0.00434 e. The van der Waals surface area contributed by atoms with Crippen molar-refractivity contribution in [3.63, 3.8) is 0 Å². The highest BCUT2D eigenvalue weighted by Gasteiger charge is 2.39. The third kappa shape index (κ3) is 2.52. The van der Waals surface area contributed by atoms with E-state index in [1.165, 1.54) is 38.8 Å². The van der Waals surface area contributed by atoms with Crippen LogP contribution >= 0.6 is 15.9 Å². The topological polar surface area (TPSA) is 3.24 Å². The average molecular weight is 260 g/mol. The number of hydrogen-bond donors (Lipinski definition) is 0. The number of hydrogen-bond acceptors (Lipinski definition) is 1. The Morgan fingerprint density at radius 3 is 2.71 bits per heavy atom. The van der Waals surface area contributed by atoms with Crippen LogP contribution < -0.4 is 0 Å². The molecule has 1 nitrogen and oxygen atoms in total. The standard InChI is InChI=1S/C12H22BrN/c1-14(6-2-5-13)9-12-8-10-3-4-11(12)7-10/h10-12H,2-9H2,1H3. The van der Waals surface area contributed by atoms with Crippen molar-refractivity contribution >= 4 is 15.9 Å². The molecule has 0 radical (unpaired) electrons. The van der Waals surface area contributed by atoms with Crippen molar-refractivity contribution in [1.82, 2.24) is 4.90 Å². The second-order valence-electron chi connectivity index (χ2n) is 5.24. The lowest BCUT2D eigenvalue weighted by atomic mass is 9.88. The summed E-state index contributed by atoms with van der Waals surface area (Å²) in [5, 5.41) is 1.15. The van der Waals surface area contributed by atoms with E-state index in [1.54, 1.807) is 6.42 Å². The molecule has 2 aliphatic carbocycles. The van der Waals surface area contributed by atoms with Gasteiger partial charge in [-0.25, -0.2) is 0 Å². The van der Waals surface area contributed by atoms with E-state index in [4.69, 9.17) is 0 Å². The summed E-state index contributed by atoms with van der Waals surface area (Å²) in [7, 11) is 2.29. The summed E-state index contributed by atoms with van der Waals surface area (Å²) in [4.78, 5) is 2.53. The van der Waals surface area contributed by atoms with Crippen molar-refractivity contribution in [2.75, 3.05) is 25.5 Å². The molecule has 2 rings (SSSR count). The van der Waals surface area contributed by atoms with Crippen LogP contribution in [0, 0.1) is 17.8 Å². The maximum atomic E-state index is 3.50. The van der Waals surface area contributed by atoms with E-state index in [9.17, 15) is 0 Å². The summed E-state index contributed by atoms with van der Waals surface area (Å²) < 4.78 is 0. The van der Waals surface area contributed by atoms with Crippen molar-refractivity contribution in [3.05, 3.63) is 0 Å². The third-order valence-corrected chi connectivity index (χ3v) is 4.66. The summed E-state index contributed by atoms with van der Waals surface area (Å²) in [6, 6.07) is 0. The molecule has 2 heteroatoms. The number of rotatable bonds is 5. The molecule has 0 spiro atoms. The summed E-state index contributed by atoms with van der Waals surface area (Å²) >= 11 is 3.50. The first-order valence-electron chi connectivity index (χ1n) is 6.04. The fraction of sp³-hybridized carbons (Fsp3) is 1.00. The molecule has 0 heterocycles. The minimum atomic E-state index is 1.04. The lowest BCUT2D eigenvalue weighted by molar-refractivity contribution is 0.220. The molecule has 0 aromatic rings. The first-order chi connectivity index (χ1) is 6.79. The zero-order chi connectivity index (χ0) is 9.97. The zero-order valence-corrected chi connectivity index (χ0v) is 10.8. The van der Waals surface area contributed by atoms with Crippen molar-refractivity contribution in [2.24, 2.45) is 17.8 Å². The van der Waals surface area contributed by atoms with E-state index in [2.05, 4.69) is 27.9 Å². The van der Waals surface area contributed by atoms with Crippen LogP contribution in [0.25, 0.3) is 0 Å². The molecule has 2 bridgehead atoms. The van der Waals surface area contributed by atoms with Gasteiger partial charge in [0.05, 0.1) is 0 Å². The molecule has 0 aromatic carbocycles. The Morgan fingerprint density at radius 2 is 2.14 bits per heavy atom. The summed E-state index contributed by atoms with van der Waals surface area (Å²) in [5.41, 5.74) is 0. The molecule has 2 saturated carbocycles. The van der Waals surface area contributed by atoms with Gasteiger partial charge < -0.3 is 4.90 Å². The molecular weight excluding hydrogens is 238 g/mol. The Kier molecular flexibility index (Phi) is 3.89. The van der Waals surface area contributed by atoms with Crippen LogP contribution in [0.2, 0.25) is 0 Å². The van der Waals surface area contributed by atoms with E-state index in [0.29, 0.717) is 0 Å². The van der Waals surface area contributed by atoms with E-state index >= 15 is 0 Å². The minimum absolute atomic E-state index is 1.04. The van der Waals surface area contributed by atoms with Gasteiger partial charge in [0, 0.05) is 11.9 Å². The average Bonchev–Trinajstić information content (AvgIpc) is 2.76. The SMILES string of the molecule is CN(CCCBr)CC1CC2CCC1C2. The van der Waals surface area contributed by atoms with Crippen LogP contribution in [-0.2, 0) is 0 Å². The quantitative estimate of drug-likeness (QED) is 0.686. The van der Waals surface area contributed by atoms with Gasteiger partial charge >= 0.3 is 0 Å². The molecule has 2 aliphatic rings. The van der Waals surface area contributed by atoms with Gasteiger partial charge in [0.1, 0.15) is 0 Å². The van der Waals surface area contributed by atoms with Crippen molar-refractivity contribution in [2.45, 2.75) is 32.1 Å². The largest absolute Gasteiger partial charge is 0.306 e. The van der Waals surface area contributed by atoms with Crippen LogP contribution in [0.1, 0.15) is 32.1 Å². The van der Waals surface area contributed by atoms with Crippen LogP contribution in [0.4, 0.5) is 0 Å². The monoisotopic (exact) mass is 259 g/mol. The number of nitrogens with zero attached hydrogens (tertiary/aromatic N) is 1. The van der Waals surface area contributed by atoms with Gasteiger partial charge in [-0.3, -0.25) is 0 Å². The van der Waals surface area contributed by atoms with Crippen LogP contribution in [0.15, 0.2) is 0 Å². The van der Waals surface area contributed by atoms with E-state index < -0.39 is 0 Å². The fourth-order valence-corrected chi connectivity index (χ4v) is 3.67. The Bertz CT molecular complexity index is 183. The van der Waals surface area contributed by atoms with Crippen molar-refractivity contribution in [3.8, 4) is 0 Å². The molecule has 82 valence electrons. The first-order valence-corrected chi connectivity index (χ1v) is 7.16. The molecule has 0 aliphatic heterocycles. The Balaban J connectivity index is 1.70. The second kappa shape index (κ2) is 4.98. The molecule has 3 unspecified atom stereocenters. The van der Waals surface area contributed by atoms with Gasteiger partial charge in [-0.15, -0.1) is 0 Å². The maximum absolute atomic E-state index is 3.50. The highest BCUT2D eigenvalue weighted by molar-refractivity contribution is 9.09. The van der Waals surface area contributed by atoms with E-state index in [-0.39, 0.29) is 0 Å². The number of alkyl halides is 1. The summed E-state index contributed by atoms with van der Waals surface area (Å²) in [6.07, 6.45) is 7.44. The molecule has 0 N–H and O–H groups in total. The van der Waals surface area contributed by atoms with Gasteiger partial charge in [0.25, 0.3) is 0 Å². The molecule has 0 saturated heterocycles. The molecule has 3 atom stereocenters. The third-order valence-electron chi connectivity index (χ3n) is 4.10. The van der Waals surface area contributed by atoms with Crippen molar-refractivity contribution < 1.29 is 0 Å². The normalized spacial score (nSPS) is 35.8. The Labute approximate surface area is 96.4 Å². The van der Waals surface area contributed by atoms with Gasteiger partial charge in [0.2, 0.25) is 0 Å². The first kappa shape index (κ1) is 10.9. The lowest BCUT2D eigenvalue weighted by Crippen LogP contribution is -2.29. The summed E-state index contributed by atoms with van der Waals surface area (Å²) in [5.74, 6) is 3.23. The van der Waals surface area contributed by atoms with Gasteiger partial charge in [-0.2, -0.15) is 0 Å². The highest BCUT2D eigenvalue weighted by atomic mass is 79.9. The lowest BCUT2D eigenvalue weighted by Gasteiger charge is -2.26. The van der Waals surface area contributed by atoms with Gasteiger partial charge in [0.15, 0.2) is 0 Å². The summed E-state index contributed by atoms with van der Waals surface area (Å²) in [6.45, 7) is 2.62. The number of halogens is 1. The zero-order valence-electron chi connectivity index (χ0n) is 9.21. The van der Waals surface area contributed by atoms with Crippen molar-refractivity contribution in [1.29, 1.82) is 0 Å². The predicted octanol–water partition coefficient (Wildman–Crippen LogP) is 3.14. The molecule has 2 fully saturated rings. The van der Waals surface area contributed by atoms with Crippen LogP contribution in [0.3, 0.4) is 0 Å². The highest BCUT2D eigenvalue weighted by Crippen LogP contribution is 2.48. The molecular formula is C12H22BrN. The Hall–Kier alpha value is 0.440. The van der Waals surface area contributed by atoms with Gasteiger partial charge in [-0.05, 0) is 57.0 Å². The molecule has 14 heavy (non-hydrogen) atoms. The Morgan fingerprint density at radius 1 is 1.29 bits per heavy atom. The van der Waals surface area contributed by atoms with Crippen LogP contribution in [-0.4, -0.2) is 30.4 Å². The van der Waals surface area contributed by atoms with Crippen LogP contribution in [0.5, 0.6) is 0 Å². The van der Waals surface area contributed by atoms with E-state index in [1.807, 2.05) is 0 Å². The molecule has 0 aromatic heterocycles. The predicted molar refractivity (Wildman–Crippen MR) is 64.8 cm³/mol.